The first kappa shape index (κ1) is 11.9. The molecule has 16 heavy (non-hydrogen) atoms. The number of hydrogen-bond donors (Lipinski definition) is 1. The summed E-state index contributed by atoms with van der Waals surface area (Å²) in [6.45, 7) is 1.77. The number of nitrogens with two attached hydrogens (primary N) is 1. The minimum absolute atomic E-state index is 0.148. The summed E-state index contributed by atoms with van der Waals surface area (Å²) in [5.41, 5.74) is 7.45. The summed E-state index contributed by atoms with van der Waals surface area (Å²) in [5, 5.41) is 0. The lowest BCUT2D eigenvalue weighted by atomic mass is 9.98. The Hall–Kier alpha value is -0.610. The van der Waals surface area contributed by atoms with Gasteiger partial charge in [-0.2, -0.15) is 0 Å². The van der Waals surface area contributed by atoms with Crippen molar-refractivity contribution < 1.29 is 9.13 Å². The van der Waals surface area contributed by atoms with Gasteiger partial charge in [-0.3, -0.25) is 0 Å². The maximum absolute atomic E-state index is 13.6. The lowest BCUT2D eigenvalue weighted by molar-refractivity contribution is 0.402. The van der Waals surface area contributed by atoms with E-state index in [-0.39, 0.29) is 11.4 Å². The van der Waals surface area contributed by atoms with Gasteiger partial charge < -0.3 is 10.5 Å². The van der Waals surface area contributed by atoms with Crippen molar-refractivity contribution in [3.8, 4) is 5.75 Å². The molecule has 2 rings (SSSR count). The standard InChI is InChI=1S/C12H15BrFNO/c1-7-8(6-12(15)3-4-12)11(16-2)9(13)5-10(7)14/h5H,3-4,6,15H2,1-2H3. The molecule has 0 heterocycles. The molecule has 1 saturated carbocycles. The molecule has 4 heteroatoms. The van der Waals surface area contributed by atoms with Gasteiger partial charge in [0.1, 0.15) is 11.6 Å². The number of hydrogen-bond acceptors (Lipinski definition) is 2. The Morgan fingerprint density at radius 3 is 2.69 bits per heavy atom. The molecule has 1 fully saturated rings. The average molecular weight is 288 g/mol. The summed E-state index contributed by atoms with van der Waals surface area (Å²) >= 11 is 3.31. The van der Waals surface area contributed by atoms with Crippen LogP contribution in [0.2, 0.25) is 0 Å². The van der Waals surface area contributed by atoms with Crippen LogP contribution < -0.4 is 10.5 Å². The van der Waals surface area contributed by atoms with Crippen LogP contribution in [0.5, 0.6) is 5.75 Å². The summed E-state index contributed by atoms with van der Waals surface area (Å²) in [4.78, 5) is 0. The molecule has 1 aliphatic rings. The summed E-state index contributed by atoms with van der Waals surface area (Å²) in [6.07, 6.45) is 2.69. The summed E-state index contributed by atoms with van der Waals surface area (Å²) in [6, 6.07) is 1.44. The predicted molar refractivity (Wildman–Crippen MR) is 65.2 cm³/mol. The Morgan fingerprint density at radius 1 is 1.56 bits per heavy atom. The normalized spacial score (nSPS) is 17.3. The van der Waals surface area contributed by atoms with E-state index in [9.17, 15) is 4.39 Å². The quantitative estimate of drug-likeness (QED) is 0.928. The minimum atomic E-state index is -0.216. The van der Waals surface area contributed by atoms with Gasteiger partial charge in [-0.25, -0.2) is 4.39 Å². The highest BCUT2D eigenvalue weighted by molar-refractivity contribution is 9.10. The van der Waals surface area contributed by atoms with Crippen LogP contribution in [-0.2, 0) is 6.42 Å². The zero-order valence-corrected chi connectivity index (χ0v) is 11.0. The van der Waals surface area contributed by atoms with Crippen molar-refractivity contribution in [1.82, 2.24) is 0 Å². The zero-order chi connectivity index (χ0) is 11.9. The Kier molecular flexibility index (Phi) is 2.97. The first-order valence-electron chi connectivity index (χ1n) is 5.27. The van der Waals surface area contributed by atoms with Crippen LogP contribution in [-0.4, -0.2) is 12.6 Å². The molecule has 0 aliphatic heterocycles. The van der Waals surface area contributed by atoms with Gasteiger partial charge in [-0.15, -0.1) is 0 Å². The highest BCUT2D eigenvalue weighted by Crippen LogP contribution is 2.41. The van der Waals surface area contributed by atoms with Crippen LogP contribution in [0, 0.1) is 12.7 Å². The molecule has 2 nitrogen and oxygen atoms in total. The van der Waals surface area contributed by atoms with Gasteiger partial charge in [-0.05, 0) is 53.7 Å². The molecular weight excluding hydrogens is 273 g/mol. The van der Waals surface area contributed by atoms with Gasteiger partial charge in [0, 0.05) is 11.1 Å². The molecule has 0 unspecified atom stereocenters. The molecule has 0 saturated heterocycles. The molecule has 0 amide bonds. The Balaban J connectivity index is 2.47. The van der Waals surface area contributed by atoms with E-state index >= 15 is 0 Å². The fourth-order valence-electron chi connectivity index (χ4n) is 1.87. The SMILES string of the molecule is COc1c(Br)cc(F)c(C)c1CC1(N)CC1. The van der Waals surface area contributed by atoms with E-state index < -0.39 is 0 Å². The molecule has 1 aromatic carbocycles. The van der Waals surface area contributed by atoms with E-state index in [1.807, 2.05) is 0 Å². The monoisotopic (exact) mass is 287 g/mol. The van der Waals surface area contributed by atoms with Crippen molar-refractivity contribution in [3.05, 3.63) is 27.5 Å². The van der Waals surface area contributed by atoms with Gasteiger partial charge in [0.2, 0.25) is 0 Å². The van der Waals surface area contributed by atoms with Crippen LogP contribution in [0.15, 0.2) is 10.5 Å². The van der Waals surface area contributed by atoms with Crippen molar-refractivity contribution in [2.45, 2.75) is 31.7 Å². The number of benzene rings is 1. The van der Waals surface area contributed by atoms with E-state index in [2.05, 4.69) is 15.9 Å². The van der Waals surface area contributed by atoms with E-state index in [1.54, 1.807) is 14.0 Å². The third kappa shape index (κ3) is 2.09. The van der Waals surface area contributed by atoms with Crippen molar-refractivity contribution >= 4 is 15.9 Å². The lowest BCUT2D eigenvalue weighted by Crippen LogP contribution is -2.25. The van der Waals surface area contributed by atoms with Crippen molar-refractivity contribution in [2.24, 2.45) is 5.73 Å². The maximum atomic E-state index is 13.6. The summed E-state index contributed by atoms with van der Waals surface area (Å²) in [5.74, 6) is 0.488. The number of ether oxygens (including phenoxy) is 1. The predicted octanol–water partition coefficient (Wildman–Crippen LogP) is 2.94. The lowest BCUT2D eigenvalue weighted by Gasteiger charge is -2.17. The second kappa shape index (κ2) is 4.00. The zero-order valence-electron chi connectivity index (χ0n) is 9.44. The minimum Gasteiger partial charge on any atom is -0.495 e. The van der Waals surface area contributed by atoms with Crippen LogP contribution in [0.25, 0.3) is 0 Å². The topological polar surface area (TPSA) is 35.2 Å². The van der Waals surface area contributed by atoms with Crippen LogP contribution in [0.3, 0.4) is 0 Å². The van der Waals surface area contributed by atoms with Gasteiger partial charge in [-0.1, -0.05) is 0 Å². The highest BCUT2D eigenvalue weighted by Gasteiger charge is 2.39. The van der Waals surface area contributed by atoms with Crippen LogP contribution >= 0.6 is 15.9 Å². The molecule has 88 valence electrons. The number of methoxy groups -OCH3 is 1. The van der Waals surface area contributed by atoms with E-state index in [0.29, 0.717) is 22.2 Å². The largest absolute Gasteiger partial charge is 0.495 e. The van der Waals surface area contributed by atoms with E-state index in [0.717, 1.165) is 18.4 Å². The van der Waals surface area contributed by atoms with Crippen molar-refractivity contribution in [1.29, 1.82) is 0 Å². The second-order valence-electron chi connectivity index (χ2n) is 4.52. The summed E-state index contributed by atoms with van der Waals surface area (Å²) in [7, 11) is 1.59. The van der Waals surface area contributed by atoms with Crippen LogP contribution in [0.4, 0.5) is 4.39 Å². The Morgan fingerprint density at radius 2 is 2.19 bits per heavy atom. The molecule has 2 N–H and O–H groups in total. The molecule has 1 aliphatic carbocycles. The molecule has 0 aromatic heterocycles. The van der Waals surface area contributed by atoms with Gasteiger partial charge >= 0.3 is 0 Å². The number of rotatable bonds is 3. The van der Waals surface area contributed by atoms with Gasteiger partial charge in [0.15, 0.2) is 0 Å². The molecule has 0 radical (unpaired) electrons. The molecular formula is C12H15BrFNO. The third-order valence-corrected chi connectivity index (χ3v) is 3.77. The average Bonchev–Trinajstić information content (AvgIpc) is 2.93. The van der Waals surface area contributed by atoms with Gasteiger partial charge in [0.25, 0.3) is 0 Å². The first-order chi connectivity index (χ1) is 7.47. The molecule has 0 atom stereocenters. The molecule has 0 spiro atoms. The summed E-state index contributed by atoms with van der Waals surface area (Å²) < 4.78 is 19.6. The smallest absolute Gasteiger partial charge is 0.136 e. The molecule has 0 bridgehead atoms. The van der Waals surface area contributed by atoms with Gasteiger partial charge in [0.05, 0.1) is 11.6 Å². The van der Waals surface area contributed by atoms with Crippen molar-refractivity contribution in [2.75, 3.05) is 7.11 Å². The third-order valence-electron chi connectivity index (χ3n) is 3.18. The van der Waals surface area contributed by atoms with E-state index in [4.69, 9.17) is 10.5 Å². The highest BCUT2D eigenvalue weighted by atomic mass is 79.9. The maximum Gasteiger partial charge on any atom is 0.136 e. The van der Waals surface area contributed by atoms with E-state index in [1.165, 1.54) is 6.07 Å². The Labute approximate surface area is 103 Å². The fraction of sp³-hybridized carbons (Fsp3) is 0.500. The first-order valence-corrected chi connectivity index (χ1v) is 6.06. The second-order valence-corrected chi connectivity index (χ2v) is 5.37. The van der Waals surface area contributed by atoms with Crippen molar-refractivity contribution in [3.63, 3.8) is 0 Å². The molecule has 1 aromatic rings. The fourth-order valence-corrected chi connectivity index (χ4v) is 2.47. The number of halogens is 2. The van der Waals surface area contributed by atoms with Crippen LogP contribution in [0.1, 0.15) is 24.0 Å². The Bertz CT molecular complexity index is 430.